The Morgan fingerprint density at radius 3 is 2.81 bits per heavy atom. The van der Waals surface area contributed by atoms with Gasteiger partial charge in [-0.1, -0.05) is 28.1 Å². The highest BCUT2D eigenvalue weighted by Gasteiger charge is 2.34. The summed E-state index contributed by atoms with van der Waals surface area (Å²) in [5.41, 5.74) is 3.44. The van der Waals surface area contributed by atoms with E-state index in [0.717, 1.165) is 28.6 Å². The molecule has 0 bridgehead atoms. The molecule has 0 spiro atoms. The van der Waals surface area contributed by atoms with E-state index in [1.54, 1.807) is 29.3 Å². The molecule has 9 heteroatoms. The molecular formula is C22H25BrN2O5S. The van der Waals surface area contributed by atoms with E-state index in [0.29, 0.717) is 30.3 Å². The lowest BCUT2D eigenvalue weighted by Crippen LogP contribution is -2.27. The number of nitrogens with zero attached hydrogens (tertiary/aromatic N) is 1. The first-order valence-corrected chi connectivity index (χ1v) is 11.8. The number of ether oxygens (including phenoxy) is 2. The van der Waals surface area contributed by atoms with Gasteiger partial charge in [0.05, 0.1) is 19.5 Å². The number of amides is 2. The van der Waals surface area contributed by atoms with E-state index in [1.165, 1.54) is 0 Å². The Balaban J connectivity index is 1.65. The molecule has 0 aliphatic carbocycles. The third-order valence-corrected chi connectivity index (χ3v) is 6.56. The Morgan fingerprint density at radius 1 is 1.23 bits per heavy atom. The van der Waals surface area contributed by atoms with Gasteiger partial charge in [0, 0.05) is 22.6 Å². The monoisotopic (exact) mass is 508 g/mol. The average Bonchev–Trinajstić information content (AvgIpc) is 3.17. The van der Waals surface area contributed by atoms with E-state index in [-0.39, 0.29) is 23.6 Å². The fourth-order valence-corrected chi connectivity index (χ4v) is 4.92. The zero-order valence-electron chi connectivity index (χ0n) is 17.2. The lowest BCUT2D eigenvalue weighted by molar-refractivity contribution is -0.129. The van der Waals surface area contributed by atoms with E-state index >= 15 is 0 Å². The summed E-state index contributed by atoms with van der Waals surface area (Å²) in [6.45, 7) is 0.482. The predicted octanol–water partition coefficient (Wildman–Crippen LogP) is 4.68. The molecule has 1 aliphatic rings. The van der Waals surface area contributed by atoms with Crippen molar-refractivity contribution in [2.75, 3.05) is 24.4 Å². The molecule has 166 valence electrons. The standard InChI is InChI=1S/C22H25BrN2O5S/c1-29-19-13-17(9-10-18(19)30-11-4-2-3-8-20(26)24-28)25-21(27)14-31-22(25)15-6-5-7-16(23)12-15/h5-7,9-10,12-13,22,28H,2-4,8,11,14H2,1H3,(H,24,26). The number of carbonyl (C=O) groups excluding carboxylic acids is 2. The number of hydroxylamine groups is 1. The molecule has 1 unspecified atom stereocenters. The van der Waals surface area contributed by atoms with Crippen molar-refractivity contribution in [3.8, 4) is 11.5 Å². The first-order chi connectivity index (χ1) is 15.0. The molecule has 2 N–H and O–H groups in total. The maximum absolute atomic E-state index is 12.6. The minimum Gasteiger partial charge on any atom is -0.493 e. The summed E-state index contributed by atoms with van der Waals surface area (Å²) in [6, 6.07) is 13.5. The maximum atomic E-state index is 12.6. The minimum atomic E-state index is -0.381. The molecule has 31 heavy (non-hydrogen) atoms. The van der Waals surface area contributed by atoms with Gasteiger partial charge in [-0.05, 0) is 49.1 Å². The molecule has 1 atom stereocenters. The van der Waals surface area contributed by atoms with Crippen LogP contribution in [0.15, 0.2) is 46.9 Å². The zero-order chi connectivity index (χ0) is 22.2. The van der Waals surface area contributed by atoms with Crippen LogP contribution in [-0.2, 0) is 9.59 Å². The topological polar surface area (TPSA) is 88.1 Å². The van der Waals surface area contributed by atoms with Crippen LogP contribution >= 0.6 is 27.7 Å². The van der Waals surface area contributed by atoms with Gasteiger partial charge in [-0.3, -0.25) is 19.7 Å². The molecule has 1 fully saturated rings. The minimum absolute atomic E-state index is 0.0533. The Labute approximate surface area is 194 Å². The predicted molar refractivity (Wildman–Crippen MR) is 124 cm³/mol. The van der Waals surface area contributed by atoms with Gasteiger partial charge in [-0.25, -0.2) is 5.48 Å². The third-order valence-electron chi connectivity index (χ3n) is 4.86. The van der Waals surface area contributed by atoms with Gasteiger partial charge in [-0.2, -0.15) is 0 Å². The number of unbranched alkanes of at least 4 members (excludes halogenated alkanes) is 2. The summed E-state index contributed by atoms with van der Waals surface area (Å²) in [5.74, 6) is 1.27. The number of halogens is 1. The summed E-state index contributed by atoms with van der Waals surface area (Å²) >= 11 is 5.10. The number of rotatable bonds is 10. The van der Waals surface area contributed by atoms with Crippen LogP contribution in [-0.4, -0.2) is 36.5 Å². The van der Waals surface area contributed by atoms with Gasteiger partial charge in [0.15, 0.2) is 11.5 Å². The van der Waals surface area contributed by atoms with Crippen LogP contribution in [0.1, 0.15) is 36.6 Å². The van der Waals surface area contributed by atoms with E-state index in [9.17, 15) is 9.59 Å². The van der Waals surface area contributed by atoms with E-state index in [4.69, 9.17) is 14.7 Å². The number of thioether (sulfide) groups is 1. The SMILES string of the molecule is COc1cc(N2C(=O)CSC2c2cccc(Br)c2)ccc1OCCCCCC(=O)NO. The molecule has 2 aromatic rings. The van der Waals surface area contributed by atoms with Crippen molar-refractivity contribution < 1.29 is 24.3 Å². The van der Waals surface area contributed by atoms with Crippen molar-refractivity contribution in [1.82, 2.24) is 5.48 Å². The van der Waals surface area contributed by atoms with Crippen LogP contribution in [0.3, 0.4) is 0 Å². The van der Waals surface area contributed by atoms with Crippen LogP contribution < -0.4 is 19.9 Å². The number of hydrogen-bond donors (Lipinski definition) is 2. The third kappa shape index (κ3) is 6.15. The van der Waals surface area contributed by atoms with Crippen molar-refractivity contribution in [3.05, 3.63) is 52.5 Å². The molecule has 0 radical (unpaired) electrons. The van der Waals surface area contributed by atoms with Gasteiger partial charge in [0.2, 0.25) is 11.8 Å². The molecule has 1 saturated heterocycles. The average molecular weight is 509 g/mol. The van der Waals surface area contributed by atoms with Gasteiger partial charge >= 0.3 is 0 Å². The van der Waals surface area contributed by atoms with Crippen molar-refractivity contribution in [1.29, 1.82) is 0 Å². The van der Waals surface area contributed by atoms with E-state index < -0.39 is 0 Å². The normalized spacial score (nSPS) is 15.8. The second kappa shape index (κ2) is 11.4. The fraction of sp³-hybridized carbons (Fsp3) is 0.364. The summed E-state index contributed by atoms with van der Waals surface area (Å²) in [5, 5.41) is 8.39. The quantitative estimate of drug-likeness (QED) is 0.275. The van der Waals surface area contributed by atoms with Gasteiger partial charge in [0.25, 0.3) is 0 Å². The Morgan fingerprint density at radius 2 is 2.06 bits per heavy atom. The maximum Gasteiger partial charge on any atom is 0.243 e. The van der Waals surface area contributed by atoms with Crippen molar-refractivity contribution >= 4 is 45.2 Å². The summed E-state index contributed by atoms with van der Waals surface area (Å²) in [4.78, 5) is 25.4. The van der Waals surface area contributed by atoms with Crippen molar-refractivity contribution in [2.45, 2.75) is 31.1 Å². The molecule has 7 nitrogen and oxygen atoms in total. The van der Waals surface area contributed by atoms with Crippen LogP contribution in [0, 0.1) is 0 Å². The van der Waals surface area contributed by atoms with Gasteiger partial charge < -0.3 is 9.47 Å². The van der Waals surface area contributed by atoms with E-state index in [2.05, 4.69) is 15.9 Å². The van der Waals surface area contributed by atoms with Crippen LogP contribution in [0.4, 0.5) is 5.69 Å². The largest absolute Gasteiger partial charge is 0.493 e. The molecule has 0 saturated carbocycles. The Hall–Kier alpha value is -2.23. The molecule has 2 aromatic carbocycles. The van der Waals surface area contributed by atoms with Crippen LogP contribution in [0.5, 0.6) is 11.5 Å². The van der Waals surface area contributed by atoms with Gasteiger partial charge in [0.1, 0.15) is 5.37 Å². The highest BCUT2D eigenvalue weighted by Crippen LogP contribution is 2.44. The summed E-state index contributed by atoms with van der Waals surface area (Å²) in [7, 11) is 1.58. The first kappa shape index (κ1) is 23.4. The van der Waals surface area contributed by atoms with Crippen molar-refractivity contribution in [3.63, 3.8) is 0 Å². The molecular weight excluding hydrogens is 484 g/mol. The summed E-state index contributed by atoms with van der Waals surface area (Å²) in [6.07, 6.45) is 2.55. The highest BCUT2D eigenvalue weighted by atomic mass is 79.9. The van der Waals surface area contributed by atoms with E-state index in [1.807, 2.05) is 42.5 Å². The van der Waals surface area contributed by atoms with Crippen LogP contribution in [0.25, 0.3) is 0 Å². The number of carbonyl (C=O) groups is 2. The summed E-state index contributed by atoms with van der Waals surface area (Å²) < 4.78 is 12.3. The molecule has 0 aromatic heterocycles. The second-order valence-corrected chi connectivity index (χ2v) is 9.00. The number of hydrogen-bond acceptors (Lipinski definition) is 6. The molecule has 1 heterocycles. The number of anilines is 1. The van der Waals surface area contributed by atoms with Gasteiger partial charge in [-0.15, -0.1) is 11.8 Å². The lowest BCUT2D eigenvalue weighted by Gasteiger charge is -2.25. The number of benzene rings is 2. The Kier molecular flexibility index (Phi) is 8.62. The first-order valence-electron chi connectivity index (χ1n) is 9.96. The fourth-order valence-electron chi connectivity index (χ4n) is 3.34. The molecule has 2 amide bonds. The number of nitrogens with one attached hydrogen (secondary N) is 1. The smallest absolute Gasteiger partial charge is 0.243 e. The zero-order valence-corrected chi connectivity index (χ0v) is 19.6. The highest BCUT2D eigenvalue weighted by molar-refractivity contribution is 9.10. The molecule has 3 rings (SSSR count). The second-order valence-electron chi connectivity index (χ2n) is 7.01. The van der Waals surface area contributed by atoms with Crippen LogP contribution in [0.2, 0.25) is 0 Å². The Bertz CT molecular complexity index is 927. The lowest BCUT2D eigenvalue weighted by atomic mass is 10.1. The number of methoxy groups -OCH3 is 1. The molecule has 1 aliphatic heterocycles. The van der Waals surface area contributed by atoms with Crippen molar-refractivity contribution in [2.24, 2.45) is 0 Å².